The molecule has 170 valence electrons. The molecule has 0 saturated carbocycles. The van der Waals surface area contributed by atoms with Gasteiger partial charge in [0.15, 0.2) is 0 Å². The summed E-state index contributed by atoms with van der Waals surface area (Å²) in [5, 5.41) is 0.290. The molecule has 0 radical (unpaired) electrons. The normalized spacial score (nSPS) is 14.8. The second kappa shape index (κ2) is 9.21. The zero-order valence-corrected chi connectivity index (χ0v) is 19.3. The maximum atomic E-state index is 15.1. The average molecular weight is 479 g/mol. The summed E-state index contributed by atoms with van der Waals surface area (Å²) < 4.78 is 48.7. The first-order valence-corrected chi connectivity index (χ1v) is 12.4. The third kappa shape index (κ3) is 4.27. The van der Waals surface area contributed by atoms with Gasteiger partial charge in [-0.2, -0.15) is 0 Å². The molecule has 0 atom stereocenters. The quantitative estimate of drug-likeness (QED) is 0.529. The standard InChI is InChI=1S/C23H24ClFN2O4S/c1-2-3-7-27-15-22(32(29,30)17-6-4-5-16(24)12-17)23(28)18-13-19(25)21(14-20(18)27)26-8-10-31-11-9-26/h4-6,12-15H,2-3,7-11H2,1H3. The number of halogens is 2. The van der Waals surface area contributed by atoms with Crippen LogP contribution < -0.4 is 10.3 Å². The Kier molecular flexibility index (Phi) is 6.55. The predicted octanol–water partition coefficient (Wildman–Crippen LogP) is 4.26. The minimum Gasteiger partial charge on any atom is -0.378 e. The summed E-state index contributed by atoms with van der Waals surface area (Å²) in [4.78, 5) is 14.7. The minimum absolute atomic E-state index is 0.0405. The molecule has 3 aromatic rings. The molecule has 32 heavy (non-hydrogen) atoms. The summed E-state index contributed by atoms with van der Waals surface area (Å²) in [5.41, 5.74) is 0.174. The van der Waals surface area contributed by atoms with Crippen LogP contribution in [0.1, 0.15) is 19.8 Å². The van der Waals surface area contributed by atoms with Gasteiger partial charge in [0.25, 0.3) is 0 Å². The van der Waals surface area contributed by atoms with E-state index in [0.29, 0.717) is 44.1 Å². The molecule has 1 fully saturated rings. The molecule has 0 spiro atoms. The Morgan fingerprint density at radius 1 is 1.16 bits per heavy atom. The highest BCUT2D eigenvalue weighted by Crippen LogP contribution is 2.28. The maximum absolute atomic E-state index is 15.1. The van der Waals surface area contributed by atoms with Gasteiger partial charge in [0, 0.05) is 30.9 Å². The summed E-state index contributed by atoms with van der Waals surface area (Å²) in [5.74, 6) is -0.559. The fourth-order valence-electron chi connectivity index (χ4n) is 3.89. The number of rotatable bonds is 6. The van der Waals surface area contributed by atoms with Crippen molar-refractivity contribution >= 4 is 38.0 Å². The molecule has 1 aromatic heterocycles. The zero-order chi connectivity index (χ0) is 22.9. The molecule has 2 aromatic carbocycles. The molecule has 2 heterocycles. The van der Waals surface area contributed by atoms with Gasteiger partial charge in [-0.3, -0.25) is 4.79 Å². The Morgan fingerprint density at radius 2 is 1.91 bits per heavy atom. The van der Waals surface area contributed by atoms with Crippen molar-refractivity contribution in [3.8, 4) is 0 Å². The van der Waals surface area contributed by atoms with Crippen molar-refractivity contribution in [1.82, 2.24) is 4.57 Å². The van der Waals surface area contributed by atoms with Gasteiger partial charge in [0.1, 0.15) is 10.7 Å². The van der Waals surface area contributed by atoms with E-state index >= 15 is 4.39 Å². The molecule has 0 unspecified atom stereocenters. The van der Waals surface area contributed by atoms with E-state index in [-0.39, 0.29) is 20.2 Å². The number of sulfone groups is 1. The number of pyridine rings is 1. The average Bonchev–Trinajstić information content (AvgIpc) is 2.79. The van der Waals surface area contributed by atoms with Gasteiger partial charge >= 0.3 is 0 Å². The number of benzene rings is 2. The van der Waals surface area contributed by atoms with Crippen LogP contribution in [0, 0.1) is 5.82 Å². The lowest BCUT2D eigenvalue weighted by molar-refractivity contribution is 0.122. The minimum atomic E-state index is -4.14. The van der Waals surface area contributed by atoms with Crippen LogP contribution in [0.15, 0.2) is 57.2 Å². The van der Waals surface area contributed by atoms with Gasteiger partial charge in [-0.25, -0.2) is 12.8 Å². The number of aromatic nitrogens is 1. The molecular formula is C23H24ClFN2O4S. The second-order valence-corrected chi connectivity index (χ2v) is 10.1. The Bertz CT molecular complexity index is 1320. The predicted molar refractivity (Wildman–Crippen MR) is 123 cm³/mol. The van der Waals surface area contributed by atoms with Crippen LogP contribution in [-0.4, -0.2) is 39.3 Å². The van der Waals surface area contributed by atoms with Crippen LogP contribution in [0.4, 0.5) is 10.1 Å². The van der Waals surface area contributed by atoms with Crippen molar-refractivity contribution < 1.29 is 17.5 Å². The molecule has 0 bridgehead atoms. The molecule has 0 N–H and O–H groups in total. The number of hydrogen-bond acceptors (Lipinski definition) is 5. The monoisotopic (exact) mass is 478 g/mol. The Labute approximate surface area is 191 Å². The summed E-state index contributed by atoms with van der Waals surface area (Å²) in [6, 6.07) is 8.57. The van der Waals surface area contributed by atoms with Crippen molar-refractivity contribution in [2.24, 2.45) is 0 Å². The van der Waals surface area contributed by atoms with Crippen molar-refractivity contribution in [3.63, 3.8) is 0 Å². The third-order valence-electron chi connectivity index (χ3n) is 5.62. The van der Waals surface area contributed by atoms with E-state index in [2.05, 4.69) is 0 Å². The van der Waals surface area contributed by atoms with Crippen LogP contribution >= 0.6 is 11.6 Å². The highest BCUT2D eigenvalue weighted by Gasteiger charge is 2.26. The smallest absolute Gasteiger partial charge is 0.211 e. The fraction of sp³-hybridized carbons (Fsp3) is 0.348. The highest BCUT2D eigenvalue weighted by molar-refractivity contribution is 7.91. The first kappa shape index (κ1) is 22.8. The number of fused-ring (bicyclic) bond motifs is 1. The van der Waals surface area contributed by atoms with Crippen molar-refractivity contribution in [1.29, 1.82) is 0 Å². The first-order chi connectivity index (χ1) is 15.3. The largest absolute Gasteiger partial charge is 0.378 e. The van der Waals surface area contributed by atoms with Crippen molar-refractivity contribution in [2.75, 3.05) is 31.2 Å². The zero-order valence-electron chi connectivity index (χ0n) is 17.7. The highest BCUT2D eigenvalue weighted by atomic mass is 35.5. The SMILES string of the molecule is CCCCn1cc(S(=O)(=O)c2cccc(Cl)c2)c(=O)c2cc(F)c(N3CCOCC3)cc21. The van der Waals surface area contributed by atoms with Gasteiger partial charge in [-0.05, 0) is 36.8 Å². The molecule has 0 aliphatic carbocycles. The molecule has 6 nitrogen and oxygen atoms in total. The van der Waals surface area contributed by atoms with E-state index in [1.54, 1.807) is 16.7 Å². The Hall–Kier alpha value is -2.42. The number of morpholine rings is 1. The van der Waals surface area contributed by atoms with E-state index in [9.17, 15) is 13.2 Å². The molecular weight excluding hydrogens is 455 g/mol. The van der Waals surface area contributed by atoms with Gasteiger partial charge in [0.2, 0.25) is 15.3 Å². The van der Waals surface area contributed by atoms with Crippen LogP contribution in [0.2, 0.25) is 5.02 Å². The molecule has 0 amide bonds. The van der Waals surface area contributed by atoms with Crippen LogP contribution in [-0.2, 0) is 21.1 Å². The number of ether oxygens (including phenoxy) is 1. The first-order valence-electron chi connectivity index (χ1n) is 10.5. The third-order valence-corrected chi connectivity index (χ3v) is 7.60. The molecule has 1 aliphatic heterocycles. The second-order valence-electron chi connectivity index (χ2n) is 7.75. The maximum Gasteiger partial charge on any atom is 0.211 e. The van der Waals surface area contributed by atoms with Crippen LogP contribution in [0.3, 0.4) is 0 Å². The summed E-state index contributed by atoms with van der Waals surface area (Å²) in [6.07, 6.45) is 3.03. The van der Waals surface area contributed by atoms with Crippen LogP contribution in [0.5, 0.6) is 0 Å². The van der Waals surface area contributed by atoms with Crippen molar-refractivity contribution in [3.05, 3.63) is 63.7 Å². The van der Waals surface area contributed by atoms with E-state index in [1.807, 2.05) is 11.8 Å². The lowest BCUT2D eigenvalue weighted by Gasteiger charge is -2.29. The summed E-state index contributed by atoms with van der Waals surface area (Å²) in [6.45, 7) is 4.60. The number of anilines is 1. The number of nitrogens with zero attached hydrogens (tertiary/aromatic N) is 2. The summed E-state index contributed by atoms with van der Waals surface area (Å²) >= 11 is 5.97. The fourth-order valence-corrected chi connectivity index (χ4v) is 5.55. The number of hydrogen-bond donors (Lipinski definition) is 0. The van der Waals surface area contributed by atoms with Crippen LogP contribution in [0.25, 0.3) is 10.9 Å². The van der Waals surface area contributed by atoms with E-state index in [1.165, 1.54) is 24.4 Å². The van der Waals surface area contributed by atoms with E-state index in [0.717, 1.165) is 18.9 Å². The number of aryl methyl sites for hydroxylation is 1. The van der Waals surface area contributed by atoms with E-state index in [4.69, 9.17) is 16.3 Å². The van der Waals surface area contributed by atoms with Gasteiger partial charge in [-0.1, -0.05) is 31.0 Å². The Morgan fingerprint density at radius 3 is 2.59 bits per heavy atom. The molecule has 4 rings (SSSR count). The van der Waals surface area contributed by atoms with Gasteiger partial charge in [-0.15, -0.1) is 0 Å². The topological polar surface area (TPSA) is 68.6 Å². The molecule has 1 saturated heterocycles. The molecule has 9 heteroatoms. The van der Waals surface area contributed by atoms with Gasteiger partial charge in [0.05, 0.1) is 34.7 Å². The summed E-state index contributed by atoms with van der Waals surface area (Å²) in [7, 11) is -4.14. The van der Waals surface area contributed by atoms with Crippen molar-refractivity contribution in [2.45, 2.75) is 36.1 Å². The van der Waals surface area contributed by atoms with Gasteiger partial charge < -0.3 is 14.2 Å². The number of unbranched alkanes of at least 4 members (excludes halogenated alkanes) is 1. The van der Waals surface area contributed by atoms with E-state index < -0.39 is 21.1 Å². The molecule has 1 aliphatic rings. The lowest BCUT2D eigenvalue weighted by atomic mass is 10.1. The lowest BCUT2D eigenvalue weighted by Crippen LogP contribution is -2.36. The Balaban J connectivity index is 1.94.